The molecule has 2 aliphatic rings. The fourth-order valence-electron chi connectivity index (χ4n) is 3.55. The molecule has 2 bridgehead atoms. The average Bonchev–Trinajstić information content (AvgIpc) is 2.78. The van der Waals surface area contributed by atoms with Crippen LogP contribution in [0, 0.1) is 0 Å². The monoisotopic (exact) mass is 280 g/mol. The van der Waals surface area contributed by atoms with Gasteiger partial charge in [-0.15, -0.1) is 0 Å². The molecule has 1 aromatic rings. The molecule has 1 aromatic heterocycles. The van der Waals surface area contributed by atoms with Crippen molar-refractivity contribution >= 4 is 16.7 Å². The van der Waals surface area contributed by atoms with E-state index in [0.717, 1.165) is 35.9 Å². The minimum absolute atomic E-state index is 0.592. The van der Waals surface area contributed by atoms with E-state index < -0.39 is 0 Å². The van der Waals surface area contributed by atoms with Crippen LogP contribution in [0.5, 0.6) is 0 Å². The topological polar surface area (TPSA) is 41.1 Å². The maximum atomic E-state index is 4.59. The fraction of sp³-hybridized carbons (Fsp3) is 0.857. The van der Waals surface area contributed by atoms with Gasteiger partial charge in [0.1, 0.15) is 5.82 Å². The van der Waals surface area contributed by atoms with Gasteiger partial charge in [0.05, 0.1) is 0 Å². The third-order valence-electron chi connectivity index (χ3n) is 4.61. The van der Waals surface area contributed by atoms with E-state index in [2.05, 4.69) is 33.5 Å². The predicted octanol–water partition coefficient (Wildman–Crippen LogP) is 2.92. The lowest BCUT2D eigenvalue weighted by atomic mass is 9.82. The quantitative estimate of drug-likeness (QED) is 0.920. The van der Waals surface area contributed by atoms with Crippen LogP contribution in [0.15, 0.2) is 0 Å². The van der Waals surface area contributed by atoms with Gasteiger partial charge in [-0.3, -0.25) is 0 Å². The van der Waals surface area contributed by atoms with Gasteiger partial charge < -0.3 is 10.2 Å². The molecule has 0 radical (unpaired) electrons. The number of hydrogen-bond acceptors (Lipinski definition) is 5. The molecular weight excluding hydrogens is 256 g/mol. The van der Waals surface area contributed by atoms with E-state index in [9.17, 15) is 0 Å². The molecule has 5 heteroatoms. The third-order valence-corrected chi connectivity index (χ3v) is 5.29. The van der Waals surface area contributed by atoms with Gasteiger partial charge in [0.2, 0.25) is 5.13 Å². The zero-order valence-corrected chi connectivity index (χ0v) is 12.7. The van der Waals surface area contributed by atoms with Gasteiger partial charge in [-0.2, -0.15) is 4.37 Å². The zero-order valence-electron chi connectivity index (χ0n) is 11.9. The van der Waals surface area contributed by atoms with Gasteiger partial charge in [-0.25, -0.2) is 4.98 Å². The Bertz CT molecular complexity index is 405. The number of rotatable bonds is 4. The molecule has 2 fully saturated rings. The Hall–Kier alpha value is -0.680. The Balaban J connectivity index is 1.60. The van der Waals surface area contributed by atoms with E-state index in [4.69, 9.17) is 0 Å². The molecule has 1 N–H and O–H groups in total. The van der Waals surface area contributed by atoms with Crippen LogP contribution in [0.4, 0.5) is 5.13 Å². The van der Waals surface area contributed by atoms with Crippen LogP contribution < -0.4 is 5.32 Å². The number of aryl methyl sites for hydroxylation is 1. The summed E-state index contributed by atoms with van der Waals surface area (Å²) < 4.78 is 4.42. The molecule has 3 rings (SSSR count). The van der Waals surface area contributed by atoms with Crippen molar-refractivity contribution in [3.8, 4) is 0 Å². The largest absolute Gasteiger partial charge is 0.357 e. The molecule has 106 valence electrons. The first-order valence-electron chi connectivity index (χ1n) is 7.57. The van der Waals surface area contributed by atoms with Crippen LogP contribution in [-0.2, 0) is 6.42 Å². The minimum atomic E-state index is 0.592. The zero-order chi connectivity index (χ0) is 13.2. The van der Waals surface area contributed by atoms with E-state index in [1.54, 1.807) is 0 Å². The second-order valence-electron chi connectivity index (χ2n) is 5.98. The van der Waals surface area contributed by atoms with E-state index >= 15 is 0 Å². The highest BCUT2D eigenvalue weighted by atomic mass is 32.1. The lowest BCUT2D eigenvalue weighted by Crippen LogP contribution is -2.52. The van der Waals surface area contributed by atoms with Crippen LogP contribution in [0.25, 0.3) is 0 Å². The third kappa shape index (κ3) is 2.92. The molecule has 3 heterocycles. The first-order valence-corrected chi connectivity index (χ1v) is 8.34. The Morgan fingerprint density at radius 1 is 1.32 bits per heavy atom. The summed E-state index contributed by atoms with van der Waals surface area (Å²) >= 11 is 1.53. The normalized spacial score (nSPS) is 31.4. The second kappa shape index (κ2) is 5.75. The summed E-state index contributed by atoms with van der Waals surface area (Å²) in [5, 5.41) is 4.65. The van der Waals surface area contributed by atoms with E-state index in [1.807, 2.05) is 0 Å². The highest BCUT2D eigenvalue weighted by molar-refractivity contribution is 7.09. The Morgan fingerprint density at radius 2 is 2.05 bits per heavy atom. The standard InChI is InChI=1S/C14H24N4S/c1-3-5-13-16-14(19-17-13)15-10-8-11-6-4-7-12(9-10)18(11)2/h10-12H,3-9H2,1-2H3,(H,15,16,17). The minimum Gasteiger partial charge on any atom is -0.357 e. The summed E-state index contributed by atoms with van der Waals surface area (Å²) in [4.78, 5) is 7.19. The first-order chi connectivity index (χ1) is 9.26. The molecule has 0 saturated carbocycles. The van der Waals surface area contributed by atoms with Gasteiger partial charge in [-0.05, 0) is 39.2 Å². The van der Waals surface area contributed by atoms with Crippen LogP contribution in [0.1, 0.15) is 51.3 Å². The second-order valence-corrected chi connectivity index (χ2v) is 6.73. The summed E-state index contributed by atoms with van der Waals surface area (Å²) in [6.45, 7) is 2.17. The number of piperidine rings is 2. The van der Waals surface area contributed by atoms with Crippen molar-refractivity contribution in [1.29, 1.82) is 0 Å². The summed E-state index contributed by atoms with van der Waals surface area (Å²) in [7, 11) is 2.30. The van der Waals surface area contributed by atoms with Crippen LogP contribution in [0.2, 0.25) is 0 Å². The number of hydrogen-bond donors (Lipinski definition) is 1. The van der Waals surface area contributed by atoms with Crippen molar-refractivity contribution in [3.63, 3.8) is 0 Å². The molecule has 19 heavy (non-hydrogen) atoms. The Kier molecular flexibility index (Phi) is 4.03. The van der Waals surface area contributed by atoms with Crippen molar-refractivity contribution in [2.75, 3.05) is 12.4 Å². The molecular formula is C14H24N4S. The van der Waals surface area contributed by atoms with Gasteiger partial charge in [0, 0.05) is 36.1 Å². The summed E-state index contributed by atoms with van der Waals surface area (Å²) in [6, 6.07) is 2.13. The number of fused-ring (bicyclic) bond motifs is 2. The smallest absolute Gasteiger partial charge is 0.202 e. The van der Waals surface area contributed by atoms with E-state index in [1.165, 1.54) is 43.6 Å². The van der Waals surface area contributed by atoms with Crippen molar-refractivity contribution in [2.45, 2.75) is 70.0 Å². The fourth-order valence-corrected chi connectivity index (χ4v) is 4.24. The number of anilines is 1. The number of nitrogens with one attached hydrogen (secondary N) is 1. The van der Waals surface area contributed by atoms with Gasteiger partial charge in [0.25, 0.3) is 0 Å². The number of nitrogens with zero attached hydrogens (tertiary/aromatic N) is 3. The highest BCUT2D eigenvalue weighted by Gasteiger charge is 2.36. The Morgan fingerprint density at radius 3 is 2.74 bits per heavy atom. The van der Waals surface area contributed by atoms with Gasteiger partial charge in [-0.1, -0.05) is 13.3 Å². The molecule has 2 unspecified atom stereocenters. The molecule has 2 atom stereocenters. The van der Waals surface area contributed by atoms with E-state index in [-0.39, 0.29) is 0 Å². The number of aromatic nitrogens is 2. The lowest BCUT2D eigenvalue weighted by molar-refractivity contribution is 0.0608. The van der Waals surface area contributed by atoms with Crippen molar-refractivity contribution in [2.24, 2.45) is 0 Å². The summed E-state index contributed by atoms with van der Waals surface area (Å²) in [5.74, 6) is 1.00. The van der Waals surface area contributed by atoms with Crippen molar-refractivity contribution in [3.05, 3.63) is 5.82 Å². The van der Waals surface area contributed by atoms with Crippen LogP contribution >= 0.6 is 11.5 Å². The van der Waals surface area contributed by atoms with E-state index in [0.29, 0.717) is 6.04 Å². The summed E-state index contributed by atoms with van der Waals surface area (Å²) in [6.07, 6.45) is 8.77. The molecule has 0 amide bonds. The first kappa shape index (κ1) is 13.3. The molecule has 0 aliphatic carbocycles. The maximum absolute atomic E-state index is 4.59. The SMILES string of the molecule is CCCc1nsc(NC2CC3CCCC(C2)N3C)n1. The van der Waals surface area contributed by atoms with Crippen molar-refractivity contribution < 1.29 is 0 Å². The highest BCUT2D eigenvalue weighted by Crippen LogP contribution is 2.34. The van der Waals surface area contributed by atoms with Crippen LogP contribution in [0.3, 0.4) is 0 Å². The molecule has 0 spiro atoms. The summed E-state index contributed by atoms with van der Waals surface area (Å²) in [5.41, 5.74) is 0. The van der Waals surface area contributed by atoms with Crippen LogP contribution in [-0.4, -0.2) is 39.4 Å². The van der Waals surface area contributed by atoms with Gasteiger partial charge >= 0.3 is 0 Å². The lowest BCUT2D eigenvalue weighted by Gasteiger charge is -2.47. The molecule has 2 aliphatic heterocycles. The van der Waals surface area contributed by atoms with Gasteiger partial charge in [0.15, 0.2) is 0 Å². The van der Waals surface area contributed by atoms with Crippen molar-refractivity contribution in [1.82, 2.24) is 14.3 Å². The molecule has 2 saturated heterocycles. The molecule has 4 nitrogen and oxygen atoms in total. The molecule has 0 aromatic carbocycles. The Labute approximate surface area is 119 Å². The maximum Gasteiger partial charge on any atom is 0.202 e. The average molecular weight is 280 g/mol. The predicted molar refractivity (Wildman–Crippen MR) is 79.7 cm³/mol.